The van der Waals surface area contributed by atoms with E-state index < -0.39 is 4.92 Å². The number of hydrogen-bond acceptors (Lipinski definition) is 5. The molecule has 0 unspecified atom stereocenters. The van der Waals surface area contributed by atoms with Crippen LogP contribution in [-0.2, 0) is 0 Å². The standard InChI is InChI=1S/C14H20N4O3/c15-17-13-7-6-11(18(20)21)8-12(13)14(19)16-9-10-4-2-1-3-5-10/h6-8,10,17H,1-5,9,15H2,(H,16,19). The first kappa shape index (κ1) is 15.2. The second-order valence-corrected chi connectivity index (χ2v) is 5.35. The Kier molecular flexibility index (Phi) is 5.10. The monoisotopic (exact) mass is 292 g/mol. The quantitative estimate of drug-likeness (QED) is 0.437. The van der Waals surface area contributed by atoms with Crippen LogP contribution in [0.4, 0.5) is 11.4 Å². The summed E-state index contributed by atoms with van der Waals surface area (Å²) in [6.45, 7) is 0.603. The molecule has 114 valence electrons. The molecule has 7 heteroatoms. The number of nitrogens with one attached hydrogen (secondary N) is 2. The summed E-state index contributed by atoms with van der Waals surface area (Å²) in [5.74, 6) is 5.51. The first-order valence-electron chi connectivity index (χ1n) is 7.15. The number of nitrogens with zero attached hydrogens (tertiary/aromatic N) is 1. The van der Waals surface area contributed by atoms with Gasteiger partial charge in [0, 0.05) is 18.7 Å². The van der Waals surface area contributed by atoms with Gasteiger partial charge in [0.2, 0.25) is 0 Å². The van der Waals surface area contributed by atoms with Crippen LogP contribution in [0.15, 0.2) is 18.2 Å². The summed E-state index contributed by atoms with van der Waals surface area (Å²) >= 11 is 0. The third kappa shape index (κ3) is 3.91. The maximum absolute atomic E-state index is 12.2. The molecule has 1 aromatic rings. The number of benzene rings is 1. The van der Waals surface area contributed by atoms with Crippen molar-refractivity contribution in [3.05, 3.63) is 33.9 Å². The Balaban J connectivity index is 2.06. The number of carbonyl (C=O) groups is 1. The molecule has 0 aromatic heterocycles. The molecule has 1 aliphatic rings. The fourth-order valence-corrected chi connectivity index (χ4v) is 2.68. The van der Waals surface area contributed by atoms with Crippen molar-refractivity contribution in [2.24, 2.45) is 11.8 Å². The lowest BCUT2D eigenvalue weighted by Crippen LogP contribution is -2.31. The largest absolute Gasteiger partial charge is 0.352 e. The topological polar surface area (TPSA) is 110 Å². The van der Waals surface area contributed by atoms with E-state index in [1.165, 1.54) is 37.5 Å². The lowest BCUT2D eigenvalue weighted by Gasteiger charge is -2.22. The molecule has 0 spiro atoms. The summed E-state index contributed by atoms with van der Waals surface area (Å²) in [7, 11) is 0. The van der Waals surface area contributed by atoms with Gasteiger partial charge in [-0.2, -0.15) is 0 Å². The van der Waals surface area contributed by atoms with Gasteiger partial charge >= 0.3 is 0 Å². The van der Waals surface area contributed by atoms with Gasteiger partial charge in [0.25, 0.3) is 11.6 Å². The Bertz CT molecular complexity index is 527. The number of non-ortho nitro benzene ring substituents is 1. The van der Waals surface area contributed by atoms with Crippen LogP contribution in [0.1, 0.15) is 42.5 Å². The Morgan fingerprint density at radius 1 is 1.33 bits per heavy atom. The molecule has 0 aliphatic heterocycles. The van der Waals surface area contributed by atoms with Crippen LogP contribution in [0, 0.1) is 16.0 Å². The summed E-state index contributed by atoms with van der Waals surface area (Å²) in [6, 6.07) is 3.99. The van der Waals surface area contributed by atoms with E-state index >= 15 is 0 Å². The van der Waals surface area contributed by atoms with Gasteiger partial charge in [0.1, 0.15) is 0 Å². The Morgan fingerprint density at radius 2 is 2.05 bits per heavy atom. The van der Waals surface area contributed by atoms with Crippen LogP contribution in [0.3, 0.4) is 0 Å². The SMILES string of the molecule is NNc1ccc([N+](=O)[O-])cc1C(=O)NCC1CCCCC1. The van der Waals surface area contributed by atoms with Crippen molar-refractivity contribution in [1.82, 2.24) is 5.32 Å². The van der Waals surface area contributed by atoms with E-state index in [0.29, 0.717) is 18.2 Å². The molecule has 0 atom stereocenters. The van der Waals surface area contributed by atoms with Crippen LogP contribution in [0.5, 0.6) is 0 Å². The first-order chi connectivity index (χ1) is 10.1. The highest BCUT2D eigenvalue weighted by molar-refractivity contribution is 6.00. The van der Waals surface area contributed by atoms with Crippen LogP contribution in [0.25, 0.3) is 0 Å². The van der Waals surface area contributed by atoms with Gasteiger partial charge in [-0.05, 0) is 24.8 Å². The fourth-order valence-electron chi connectivity index (χ4n) is 2.68. The molecule has 0 bridgehead atoms. The van der Waals surface area contributed by atoms with Gasteiger partial charge in [-0.15, -0.1) is 0 Å². The predicted molar refractivity (Wildman–Crippen MR) is 79.8 cm³/mol. The van der Waals surface area contributed by atoms with Crippen molar-refractivity contribution in [2.75, 3.05) is 12.0 Å². The van der Waals surface area contributed by atoms with Crippen molar-refractivity contribution in [3.8, 4) is 0 Å². The number of rotatable bonds is 5. The molecule has 2 rings (SSSR count). The highest BCUT2D eigenvalue weighted by Gasteiger charge is 2.18. The normalized spacial score (nSPS) is 15.5. The van der Waals surface area contributed by atoms with E-state index in [2.05, 4.69) is 10.7 Å². The third-order valence-electron chi connectivity index (χ3n) is 3.89. The summed E-state index contributed by atoms with van der Waals surface area (Å²) in [4.78, 5) is 22.5. The lowest BCUT2D eigenvalue weighted by atomic mass is 9.89. The van der Waals surface area contributed by atoms with Gasteiger partial charge in [-0.3, -0.25) is 20.8 Å². The van der Waals surface area contributed by atoms with Crippen molar-refractivity contribution in [3.63, 3.8) is 0 Å². The van der Waals surface area contributed by atoms with E-state index in [1.807, 2.05) is 0 Å². The molecule has 0 saturated heterocycles. The van der Waals surface area contributed by atoms with Gasteiger partial charge in [0.15, 0.2) is 0 Å². The molecule has 1 aromatic carbocycles. The molecule has 21 heavy (non-hydrogen) atoms. The number of nitrogen functional groups attached to an aromatic ring is 1. The highest BCUT2D eigenvalue weighted by Crippen LogP contribution is 2.24. The number of amides is 1. The molecule has 1 aliphatic carbocycles. The molecule has 0 radical (unpaired) electrons. The average Bonchev–Trinajstić information content (AvgIpc) is 2.52. The number of anilines is 1. The van der Waals surface area contributed by atoms with Crippen molar-refractivity contribution >= 4 is 17.3 Å². The zero-order valence-corrected chi connectivity index (χ0v) is 11.8. The minimum Gasteiger partial charge on any atom is -0.352 e. The molecule has 1 saturated carbocycles. The van der Waals surface area contributed by atoms with Crippen LogP contribution in [0.2, 0.25) is 0 Å². The minimum absolute atomic E-state index is 0.128. The Hall–Kier alpha value is -2.15. The fraction of sp³-hybridized carbons (Fsp3) is 0.500. The van der Waals surface area contributed by atoms with E-state index in [4.69, 9.17) is 5.84 Å². The van der Waals surface area contributed by atoms with E-state index in [-0.39, 0.29) is 17.2 Å². The number of nitro benzene ring substituents is 1. The molecule has 1 fully saturated rings. The second-order valence-electron chi connectivity index (χ2n) is 5.35. The predicted octanol–water partition coefficient (Wildman–Crippen LogP) is 2.19. The first-order valence-corrected chi connectivity index (χ1v) is 7.15. The van der Waals surface area contributed by atoms with Gasteiger partial charge in [-0.25, -0.2) is 0 Å². The number of carbonyl (C=O) groups excluding carboxylic acids is 1. The van der Waals surface area contributed by atoms with Crippen molar-refractivity contribution < 1.29 is 9.72 Å². The smallest absolute Gasteiger partial charge is 0.270 e. The number of nitrogens with two attached hydrogens (primary N) is 1. The van der Waals surface area contributed by atoms with E-state index in [0.717, 1.165) is 12.8 Å². The van der Waals surface area contributed by atoms with Crippen LogP contribution in [-0.4, -0.2) is 17.4 Å². The average molecular weight is 292 g/mol. The summed E-state index contributed by atoms with van der Waals surface area (Å²) in [5, 5.41) is 13.7. The van der Waals surface area contributed by atoms with Crippen molar-refractivity contribution in [2.45, 2.75) is 32.1 Å². The molecular formula is C14H20N4O3. The van der Waals surface area contributed by atoms with E-state index in [1.54, 1.807) is 0 Å². The summed E-state index contributed by atoms with van der Waals surface area (Å²) in [5.41, 5.74) is 2.84. The maximum atomic E-state index is 12.2. The van der Waals surface area contributed by atoms with Crippen LogP contribution < -0.4 is 16.6 Å². The molecule has 0 heterocycles. The highest BCUT2D eigenvalue weighted by atomic mass is 16.6. The molecule has 4 N–H and O–H groups in total. The number of hydrogen-bond donors (Lipinski definition) is 3. The second kappa shape index (κ2) is 7.03. The lowest BCUT2D eigenvalue weighted by molar-refractivity contribution is -0.384. The molecular weight excluding hydrogens is 272 g/mol. The Labute approximate surface area is 123 Å². The van der Waals surface area contributed by atoms with Crippen molar-refractivity contribution in [1.29, 1.82) is 0 Å². The molecule has 7 nitrogen and oxygen atoms in total. The van der Waals surface area contributed by atoms with E-state index in [9.17, 15) is 14.9 Å². The maximum Gasteiger partial charge on any atom is 0.270 e. The summed E-state index contributed by atoms with van der Waals surface area (Å²) < 4.78 is 0. The summed E-state index contributed by atoms with van der Waals surface area (Å²) in [6.07, 6.45) is 5.91. The number of nitro groups is 1. The van der Waals surface area contributed by atoms with Gasteiger partial charge in [-0.1, -0.05) is 19.3 Å². The van der Waals surface area contributed by atoms with Crippen LogP contribution >= 0.6 is 0 Å². The third-order valence-corrected chi connectivity index (χ3v) is 3.89. The Morgan fingerprint density at radius 3 is 2.67 bits per heavy atom. The molecule has 1 amide bonds. The zero-order chi connectivity index (χ0) is 15.2. The van der Waals surface area contributed by atoms with Gasteiger partial charge < -0.3 is 10.7 Å². The minimum atomic E-state index is -0.530. The van der Waals surface area contributed by atoms with Gasteiger partial charge in [0.05, 0.1) is 16.2 Å². The zero-order valence-electron chi connectivity index (χ0n) is 11.8. The number of hydrazine groups is 1.